The molecule has 1 N–H and O–H groups in total. The van der Waals surface area contributed by atoms with Crippen LogP contribution in [0.2, 0.25) is 0 Å². The van der Waals surface area contributed by atoms with Crippen molar-refractivity contribution in [2.45, 2.75) is 18.2 Å². The zero-order chi connectivity index (χ0) is 16.2. The van der Waals surface area contributed by atoms with E-state index >= 15 is 0 Å². The van der Waals surface area contributed by atoms with E-state index in [1.807, 2.05) is 43.5 Å². The van der Waals surface area contributed by atoms with Crippen molar-refractivity contribution < 1.29 is 4.79 Å². The number of thioether (sulfide) groups is 1. The van der Waals surface area contributed by atoms with Crippen LogP contribution in [-0.4, -0.2) is 26.8 Å². The summed E-state index contributed by atoms with van der Waals surface area (Å²) in [6.45, 7) is 3.87. The van der Waals surface area contributed by atoms with Crippen LogP contribution >= 0.6 is 34.4 Å². The van der Waals surface area contributed by atoms with Gasteiger partial charge in [-0.3, -0.25) is 4.79 Å². The Morgan fingerprint density at radius 1 is 1.26 bits per heavy atom. The first-order valence-corrected chi connectivity index (χ1v) is 9.53. The number of carbonyl (C=O) groups is 1. The molecule has 0 fully saturated rings. The Labute approximate surface area is 146 Å². The second-order valence-electron chi connectivity index (χ2n) is 4.76. The molecular formula is C15H14N4OS3. The van der Waals surface area contributed by atoms with Crippen LogP contribution in [0.15, 0.2) is 34.0 Å². The number of hydrogen-bond donors (Lipinski definition) is 1. The summed E-state index contributed by atoms with van der Waals surface area (Å²) in [5.74, 6) is 0.253. The Hall–Kier alpha value is -1.77. The monoisotopic (exact) mass is 362 g/mol. The minimum atomic E-state index is -0.0607. The molecule has 0 saturated heterocycles. The van der Waals surface area contributed by atoms with Gasteiger partial charge in [0.05, 0.1) is 16.5 Å². The van der Waals surface area contributed by atoms with E-state index in [0.29, 0.717) is 5.75 Å². The van der Waals surface area contributed by atoms with Gasteiger partial charge in [0.2, 0.25) is 5.91 Å². The van der Waals surface area contributed by atoms with Gasteiger partial charge in [0.15, 0.2) is 4.34 Å². The molecule has 3 rings (SSSR count). The van der Waals surface area contributed by atoms with Gasteiger partial charge in [-0.05, 0) is 26.0 Å². The van der Waals surface area contributed by atoms with E-state index in [2.05, 4.69) is 20.5 Å². The van der Waals surface area contributed by atoms with Crippen LogP contribution in [0.5, 0.6) is 0 Å². The van der Waals surface area contributed by atoms with Crippen molar-refractivity contribution in [1.82, 2.24) is 15.2 Å². The van der Waals surface area contributed by atoms with Crippen LogP contribution in [0.3, 0.4) is 0 Å². The van der Waals surface area contributed by atoms with Crippen molar-refractivity contribution in [3.8, 4) is 11.3 Å². The molecule has 8 heteroatoms. The molecule has 0 saturated carbocycles. The first-order chi connectivity index (χ1) is 11.1. The molecule has 5 nitrogen and oxygen atoms in total. The summed E-state index contributed by atoms with van der Waals surface area (Å²) < 4.78 is 0.810. The Morgan fingerprint density at radius 3 is 2.83 bits per heavy atom. The number of benzene rings is 1. The Balaban J connectivity index is 1.62. The lowest BCUT2D eigenvalue weighted by Crippen LogP contribution is -2.13. The van der Waals surface area contributed by atoms with Crippen molar-refractivity contribution in [2.24, 2.45) is 0 Å². The van der Waals surface area contributed by atoms with Gasteiger partial charge in [-0.2, -0.15) is 0 Å². The molecule has 0 aliphatic rings. The molecule has 0 aliphatic carbocycles. The van der Waals surface area contributed by atoms with Crippen LogP contribution in [0, 0.1) is 13.8 Å². The lowest BCUT2D eigenvalue weighted by Gasteiger charge is -2.06. The van der Waals surface area contributed by atoms with E-state index < -0.39 is 0 Å². The molecule has 0 spiro atoms. The Morgan fingerprint density at radius 2 is 2.13 bits per heavy atom. The molecule has 1 amide bonds. The minimum Gasteiger partial charge on any atom is -0.325 e. The Kier molecular flexibility index (Phi) is 5.04. The van der Waals surface area contributed by atoms with Crippen molar-refractivity contribution in [3.63, 3.8) is 0 Å². The van der Waals surface area contributed by atoms with E-state index in [0.717, 1.165) is 31.3 Å². The summed E-state index contributed by atoms with van der Waals surface area (Å²) in [6.07, 6.45) is 0. The second kappa shape index (κ2) is 7.20. The topological polar surface area (TPSA) is 67.8 Å². The zero-order valence-corrected chi connectivity index (χ0v) is 15.0. The second-order valence-corrected chi connectivity index (χ2v) is 8.22. The standard InChI is InChI=1S/C15H14N4OS3/c1-9-16-13(7-21-9)11-4-3-5-12(6-11)17-14(20)8-22-15-19-18-10(2)23-15/h3-7H,8H2,1-2H3,(H,17,20). The lowest BCUT2D eigenvalue weighted by atomic mass is 10.1. The quantitative estimate of drug-likeness (QED) is 0.695. The van der Waals surface area contributed by atoms with Gasteiger partial charge in [0, 0.05) is 16.6 Å². The number of anilines is 1. The fraction of sp³-hybridized carbons (Fsp3) is 0.200. The van der Waals surface area contributed by atoms with E-state index in [1.165, 1.54) is 23.1 Å². The van der Waals surface area contributed by atoms with Crippen molar-refractivity contribution >= 4 is 46.0 Å². The van der Waals surface area contributed by atoms with Crippen LogP contribution in [0.25, 0.3) is 11.3 Å². The highest BCUT2D eigenvalue weighted by atomic mass is 32.2. The normalized spacial score (nSPS) is 10.7. The van der Waals surface area contributed by atoms with Crippen LogP contribution in [-0.2, 0) is 4.79 Å². The third-order valence-electron chi connectivity index (χ3n) is 2.90. The van der Waals surface area contributed by atoms with Crippen molar-refractivity contribution in [3.05, 3.63) is 39.7 Å². The number of aryl methyl sites for hydroxylation is 2. The lowest BCUT2D eigenvalue weighted by molar-refractivity contribution is -0.113. The SMILES string of the molecule is Cc1nc(-c2cccc(NC(=O)CSc3nnc(C)s3)c2)cs1. The van der Waals surface area contributed by atoms with Crippen LogP contribution in [0.4, 0.5) is 5.69 Å². The van der Waals surface area contributed by atoms with Gasteiger partial charge < -0.3 is 5.32 Å². The van der Waals surface area contributed by atoms with Gasteiger partial charge in [0.25, 0.3) is 0 Å². The number of hydrogen-bond acceptors (Lipinski definition) is 7. The summed E-state index contributed by atoms with van der Waals surface area (Å²) >= 11 is 4.50. The summed E-state index contributed by atoms with van der Waals surface area (Å²) in [5.41, 5.74) is 2.70. The summed E-state index contributed by atoms with van der Waals surface area (Å²) in [5, 5.41) is 14.8. The highest BCUT2D eigenvalue weighted by Crippen LogP contribution is 2.25. The molecule has 23 heavy (non-hydrogen) atoms. The predicted octanol–water partition coefficient (Wildman–Crippen LogP) is 4.01. The number of nitrogens with one attached hydrogen (secondary N) is 1. The third-order valence-corrected chi connectivity index (χ3v) is 5.64. The fourth-order valence-corrected chi connectivity index (χ4v) is 4.15. The Bertz CT molecular complexity index is 828. The van der Waals surface area contributed by atoms with Gasteiger partial charge in [-0.1, -0.05) is 35.2 Å². The van der Waals surface area contributed by atoms with Crippen LogP contribution < -0.4 is 5.32 Å². The van der Waals surface area contributed by atoms with Crippen LogP contribution in [0.1, 0.15) is 10.0 Å². The number of amides is 1. The molecule has 0 radical (unpaired) electrons. The minimum absolute atomic E-state index is 0.0607. The predicted molar refractivity (Wildman–Crippen MR) is 96.3 cm³/mol. The first kappa shape index (κ1) is 16.1. The number of thiazole rings is 1. The summed E-state index contributed by atoms with van der Waals surface area (Å²) in [6, 6.07) is 7.72. The van der Waals surface area contributed by atoms with Gasteiger partial charge in [-0.15, -0.1) is 21.5 Å². The molecule has 2 heterocycles. The summed E-state index contributed by atoms with van der Waals surface area (Å²) in [4.78, 5) is 16.5. The van der Waals surface area contributed by atoms with E-state index in [9.17, 15) is 4.79 Å². The van der Waals surface area contributed by atoms with E-state index in [-0.39, 0.29) is 5.91 Å². The van der Waals surface area contributed by atoms with E-state index in [1.54, 1.807) is 11.3 Å². The number of aromatic nitrogens is 3. The molecule has 0 unspecified atom stereocenters. The molecule has 0 aliphatic heterocycles. The van der Waals surface area contributed by atoms with Gasteiger partial charge in [-0.25, -0.2) is 4.98 Å². The maximum absolute atomic E-state index is 12.1. The maximum Gasteiger partial charge on any atom is 0.234 e. The largest absolute Gasteiger partial charge is 0.325 e. The highest BCUT2D eigenvalue weighted by Gasteiger charge is 2.08. The third kappa shape index (κ3) is 4.37. The average molecular weight is 363 g/mol. The molecule has 0 bridgehead atoms. The number of rotatable bonds is 5. The van der Waals surface area contributed by atoms with Gasteiger partial charge in [0.1, 0.15) is 5.01 Å². The number of nitrogens with zero attached hydrogens (tertiary/aromatic N) is 3. The molecule has 1 aromatic carbocycles. The fourth-order valence-electron chi connectivity index (χ4n) is 1.91. The molecule has 2 aromatic heterocycles. The molecule has 3 aromatic rings. The maximum atomic E-state index is 12.1. The van der Waals surface area contributed by atoms with Gasteiger partial charge >= 0.3 is 0 Å². The first-order valence-electron chi connectivity index (χ1n) is 6.85. The zero-order valence-electron chi connectivity index (χ0n) is 12.6. The van der Waals surface area contributed by atoms with E-state index in [4.69, 9.17) is 0 Å². The highest BCUT2D eigenvalue weighted by molar-refractivity contribution is 8.01. The molecule has 118 valence electrons. The smallest absolute Gasteiger partial charge is 0.234 e. The molecule has 0 atom stereocenters. The number of carbonyl (C=O) groups excluding carboxylic acids is 1. The molecular weight excluding hydrogens is 348 g/mol. The summed E-state index contributed by atoms with van der Waals surface area (Å²) in [7, 11) is 0. The van der Waals surface area contributed by atoms with Crippen molar-refractivity contribution in [1.29, 1.82) is 0 Å². The average Bonchev–Trinajstić information content (AvgIpc) is 3.14. The van der Waals surface area contributed by atoms with Crippen molar-refractivity contribution in [2.75, 3.05) is 11.1 Å².